The van der Waals surface area contributed by atoms with Gasteiger partial charge in [0.2, 0.25) is 0 Å². The number of halogens is 1. The maximum absolute atomic E-state index is 13.1. The number of hydrogen-bond donors (Lipinski definition) is 1. The van der Waals surface area contributed by atoms with Crippen LogP contribution in [0.1, 0.15) is 23.6 Å². The van der Waals surface area contributed by atoms with Gasteiger partial charge >= 0.3 is 0 Å². The highest BCUT2D eigenvalue weighted by atomic mass is 32.2. The minimum Gasteiger partial charge on any atom is -0.309 e. The van der Waals surface area contributed by atoms with E-state index in [0.29, 0.717) is 0 Å². The van der Waals surface area contributed by atoms with Crippen LogP contribution in [0.15, 0.2) is 18.2 Å². The maximum Gasteiger partial charge on any atom is 0.123 e. The Morgan fingerprint density at radius 1 is 1.44 bits per heavy atom. The summed E-state index contributed by atoms with van der Waals surface area (Å²) in [4.78, 5) is 0. The Balaban J connectivity index is 2.01. The van der Waals surface area contributed by atoms with Crippen molar-refractivity contribution in [2.75, 3.05) is 12.3 Å². The fourth-order valence-electron chi connectivity index (χ4n) is 2.70. The van der Waals surface area contributed by atoms with Gasteiger partial charge in [0.05, 0.1) is 5.25 Å². The van der Waals surface area contributed by atoms with Crippen molar-refractivity contribution in [2.45, 2.75) is 24.1 Å². The van der Waals surface area contributed by atoms with Crippen molar-refractivity contribution in [2.24, 2.45) is 0 Å². The van der Waals surface area contributed by atoms with Gasteiger partial charge in [-0.25, -0.2) is 4.39 Å². The Bertz CT molecular complexity index is 449. The van der Waals surface area contributed by atoms with Gasteiger partial charge < -0.3 is 5.32 Å². The third-order valence-electron chi connectivity index (χ3n) is 3.46. The molecule has 1 fully saturated rings. The first kappa shape index (κ1) is 10.4. The molecular weight excluding hydrogens is 225 g/mol. The minimum absolute atomic E-state index is 0.138. The van der Waals surface area contributed by atoms with Crippen molar-refractivity contribution < 1.29 is 8.60 Å². The molecule has 0 saturated carbocycles. The molecule has 1 aliphatic carbocycles. The lowest BCUT2D eigenvalue weighted by Gasteiger charge is -2.17. The Labute approximate surface area is 96.7 Å². The van der Waals surface area contributed by atoms with Gasteiger partial charge in [-0.3, -0.25) is 4.21 Å². The summed E-state index contributed by atoms with van der Waals surface area (Å²) in [7, 11) is -0.781. The van der Waals surface area contributed by atoms with Crippen LogP contribution in [0.5, 0.6) is 0 Å². The molecule has 2 aliphatic rings. The van der Waals surface area contributed by atoms with E-state index in [0.717, 1.165) is 36.3 Å². The Morgan fingerprint density at radius 3 is 3.19 bits per heavy atom. The highest BCUT2D eigenvalue weighted by molar-refractivity contribution is 7.85. The standard InChI is InChI=1S/C12H14FNOS/c13-9-2-3-10-8(6-9)7-11-12(10)14-4-1-5-16(11)15/h2-3,6,11-12,14H,1,4-5,7H2. The molecular formula is C12H14FNOS. The summed E-state index contributed by atoms with van der Waals surface area (Å²) in [5.41, 5.74) is 2.17. The van der Waals surface area contributed by atoms with Gasteiger partial charge in [-0.05, 0) is 42.6 Å². The van der Waals surface area contributed by atoms with E-state index < -0.39 is 10.8 Å². The Morgan fingerprint density at radius 2 is 2.31 bits per heavy atom. The van der Waals surface area contributed by atoms with Crippen molar-refractivity contribution in [1.29, 1.82) is 0 Å². The first-order valence-electron chi connectivity index (χ1n) is 5.64. The molecule has 0 aromatic heterocycles. The van der Waals surface area contributed by atoms with E-state index in [1.807, 2.05) is 6.07 Å². The van der Waals surface area contributed by atoms with Crippen LogP contribution in [0.2, 0.25) is 0 Å². The van der Waals surface area contributed by atoms with Crippen LogP contribution in [-0.2, 0) is 17.2 Å². The number of hydrogen-bond acceptors (Lipinski definition) is 2. The summed E-state index contributed by atoms with van der Waals surface area (Å²) in [5.74, 6) is 0.575. The molecule has 0 bridgehead atoms. The molecule has 3 rings (SSSR count). The second-order valence-electron chi connectivity index (χ2n) is 4.46. The third-order valence-corrected chi connectivity index (χ3v) is 5.26. The Kier molecular flexibility index (Phi) is 2.56. The van der Waals surface area contributed by atoms with E-state index >= 15 is 0 Å². The molecule has 1 aromatic carbocycles. The van der Waals surface area contributed by atoms with Crippen LogP contribution in [0.25, 0.3) is 0 Å². The summed E-state index contributed by atoms with van der Waals surface area (Å²) in [6.45, 7) is 0.906. The predicted molar refractivity (Wildman–Crippen MR) is 62.3 cm³/mol. The van der Waals surface area contributed by atoms with Gasteiger partial charge in [-0.1, -0.05) is 6.07 Å². The number of fused-ring (bicyclic) bond motifs is 3. The van der Waals surface area contributed by atoms with Gasteiger partial charge in [-0.15, -0.1) is 0 Å². The van der Waals surface area contributed by atoms with Crippen molar-refractivity contribution >= 4 is 10.8 Å². The molecule has 2 nitrogen and oxygen atoms in total. The molecule has 0 amide bonds. The normalized spacial score (nSPS) is 32.9. The third kappa shape index (κ3) is 1.60. The molecule has 86 valence electrons. The molecule has 16 heavy (non-hydrogen) atoms. The van der Waals surface area contributed by atoms with Gasteiger partial charge in [0.15, 0.2) is 0 Å². The highest BCUT2D eigenvalue weighted by Gasteiger charge is 2.37. The molecule has 1 aliphatic heterocycles. The van der Waals surface area contributed by atoms with Gasteiger partial charge in [-0.2, -0.15) is 0 Å². The predicted octanol–water partition coefficient (Wildman–Crippen LogP) is 1.53. The molecule has 0 spiro atoms. The number of nitrogens with one attached hydrogen (secondary N) is 1. The molecule has 1 saturated heterocycles. The Hall–Kier alpha value is -0.740. The number of rotatable bonds is 0. The smallest absolute Gasteiger partial charge is 0.123 e. The summed E-state index contributed by atoms with van der Waals surface area (Å²) in [6.07, 6.45) is 1.72. The van der Waals surface area contributed by atoms with Crippen molar-refractivity contribution in [3.8, 4) is 0 Å². The number of benzene rings is 1. The molecule has 4 heteroatoms. The zero-order chi connectivity index (χ0) is 11.1. The summed E-state index contributed by atoms with van der Waals surface area (Å²) < 4.78 is 25.1. The zero-order valence-electron chi connectivity index (χ0n) is 8.91. The topological polar surface area (TPSA) is 29.1 Å². The SMILES string of the molecule is O=S1CCCNC2c3ccc(F)cc3CC21. The minimum atomic E-state index is -0.781. The van der Waals surface area contributed by atoms with Crippen LogP contribution in [0.4, 0.5) is 4.39 Å². The zero-order valence-corrected chi connectivity index (χ0v) is 9.73. The lowest BCUT2D eigenvalue weighted by Crippen LogP contribution is -2.29. The van der Waals surface area contributed by atoms with E-state index in [2.05, 4.69) is 5.32 Å². The van der Waals surface area contributed by atoms with E-state index in [4.69, 9.17) is 0 Å². The first-order chi connectivity index (χ1) is 7.75. The van der Waals surface area contributed by atoms with Gasteiger partial charge in [0, 0.05) is 22.6 Å². The molecule has 1 N–H and O–H groups in total. The maximum atomic E-state index is 13.1. The molecule has 3 atom stereocenters. The molecule has 3 unspecified atom stereocenters. The largest absolute Gasteiger partial charge is 0.309 e. The van der Waals surface area contributed by atoms with E-state index in [1.165, 1.54) is 6.07 Å². The van der Waals surface area contributed by atoms with Crippen LogP contribution in [-0.4, -0.2) is 21.8 Å². The quantitative estimate of drug-likeness (QED) is 0.744. The van der Waals surface area contributed by atoms with Crippen LogP contribution < -0.4 is 5.32 Å². The lowest BCUT2D eigenvalue weighted by molar-refractivity contribution is 0.546. The second kappa shape index (κ2) is 3.93. The average molecular weight is 239 g/mol. The average Bonchev–Trinajstić information content (AvgIpc) is 2.52. The fourth-order valence-corrected chi connectivity index (χ4v) is 4.34. The van der Waals surface area contributed by atoms with Crippen LogP contribution >= 0.6 is 0 Å². The first-order valence-corrected chi connectivity index (χ1v) is 7.03. The van der Waals surface area contributed by atoms with Gasteiger partial charge in [0.1, 0.15) is 5.82 Å². The molecule has 1 aromatic rings. The van der Waals surface area contributed by atoms with Crippen LogP contribution in [0, 0.1) is 5.82 Å². The fraction of sp³-hybridized carbons (Fsp3) is 0.500. The molecule has 1 heterocycles. The summed E-state index contributed by atoms with van der Waals surface area (Å²) >= 11 is 0. The van der Waals surface area contributed by atoms with Gasteiger partial charge in [0.25, 0.3) is 0 Å². The van der Waals surface area contributed by atoms with E-state index in [9.17, 15) is 8.60 Å². The van der Waals surface area contributed by atoms with E-state index in [-0.39, 0.29) is 17.1 Å². The second-order valence-corrected chi connectivity index (χ2v) is 6.23. The summed E-state index contributed by atoms with van der Waals surface area (Å²) in [5, 5.41) is 3.57. The summed E-state index contributed by atoms with van der Waals surface area (Å²) in [6, 6.07) is 5.09. The lowest BCUT2D eigenvalue weighted by atomic mass is 10.1. The van der Waals surface area contributed by atoms with Crippen molar-refractivity contribution in [3.05, 3.63) is 35.1 Å². The highest BCUT2D eigenvalue weighted by Crippen LogP contribution is 2.36. The van der Waals surface area contributed by atoms with Crippen LogP contribution in [0.3, 0.4) is 0 Å². The van der Waals surface area contributed by atoms with Crippen molar-refractivity contribution in [1.82, 2.24) is 5.32 Å². The molecule has 0 radical (unpaired) electrons. The van der Waals surface area contributed by atoms with E-state index in [1.54, 1.807) is 6.07 Å². The van der Waals surface area contributed by atoms with Crippen molar-refractivity contribution in [3.63, 3.8) is 0 Å². The monoisotopic (exact) mass is 239 g/mol.